The monoisotopic (exact) mass is 589 g/mol. The lowest BCUT2D eigenvalue weighted by molar-refractivity contribution is -0.140. The van der Waals surface area contributed by atoms with Crippen molar-refractivity contribution < 1.29 is 18.0 Å². The van der Waals surface area contributed by atoms with E-state index in [1.165, 1.54) is 23.1 Å². The molecular weight excluding hydrogens is 557 g/mol. The van der Waals surface area contributed by atoms with Crippen LogP contribution < -0.4 is 9.62 Å². The second-order valence-electron chi connectivity index (χ2n) is 9.43. The Labute approximate surface area is 240 Å². The normalized spacial score (nSPS) is 12.8. The molecule has 39 heavy (non-hydrogen) atoms. The number of sulfonamides is 1. The molecule has 0 aliphatic rings. The maximum absolute atomic E-state index is 14.0. The van der Waals surface area contributed by atoms with Gasteiger partial charge in [-0.05, 0) is 42.7 Å². The molecule has 7 nitrogen and oxygen atoms in total. The van der Waals surface area contributed by atoms with E-state index in [2.05, 4.69) is 5.32 Å². The van der Waals surface area contributed by atoms with E-state index in [0.717, 1.165) is 21.7 Å². The highest BCUT2D eigenvalue weighted by Crippen LogP contribution is 2.27. The van der Waals surface area contributed by atoms with Gasteiger partial charge in [-0.1, -0.05) is 90.8 Å². The summed E-state index contributed by atoms with van der Waals surface area (Å²) in [6, 6.07) is 22.0. The van der Waals surface area contributed by atoms with Gasteiger partial charge >= 0.3 is 0 Å². The lowest BCUT2D eigenvalue weighted by Crippen LogP contribution is -2.54. The van der Waals surface area contributed by atoms with Crippen LogP contribution in [0, 0.1) is 0 Å². The van der Waals surface area contributed by atoms with Crippen LogP contribution in [0.5, 0.6) is 0 Å². The summed E-state index contributed by atoms with van der Waals surface area (Å²) < 4.78 is 26.6. The zero-order valence-electron chi connectivity index (χ0n) is 22.2. The van der Waals surface area contributed by atoms with Crippen molar-refractivity contribution in [2.24, 2.45) is 0 Å². The number of hydrogen-bond acceptors (Lipinski definition) is 4. The number of carbonyl (C=O) groups is 2. The molecule has 2 amide bonds. The highest BCUT2D eigenvalue weighted by molar-refractivity contribution is 7.92. The van der Waals surface area contributed by atoms with Crippen molar-refractivity contribution in [3.8, 4) is 0 Å². The van der Waals surface area contributed by atoms with E-state index >= 15 is 0 Å². The number of hydrogen-bond donors (Lipinski definition) is 1. The van der Waals surface area contributed by atoms with Crippen molar-refractivity contribution in [2.75, 3.05) is 17.1 Å². The van der Waals surface area contributed by atoms with Gasteiger partial charge in [-0.3, -0.25) is 13.9 Å². The molecule has 3 aromatic rings. The minimum Gasteiger partial charge on any atom is -0.352 e. The van der Waals surface area contributed by atoms with Crippen LogP contribution in [0.25, 0.3) is 0 Å². The molecular formula is C29H33Cl2N3O4S. The summed E-state index contributed by atoms with van der Waals surface area (Å²) >= 11 is 12.3. The minimum absolute atomic E-state index is 0.106. The predicted octanol–water partition coefficient (Wildman–Crippen LogP) is 5.31. The quantitative estimate of drug-likeness (QED) is 0.310. The van der Waals surface area contributed by atoms with Crippen molar-refractivity contribution in [3.63, 3.8) is 0 Å². The van der Waals surface area contributed by atoms with Crippen LogP contribution in [0.1, 0.15) is 31.4 Å². The molecule has 3 aromatic carbocycles. The van der Waals surface area contributed by atoms with E-state index in [-0.39, 0.29) is 40.6 Å². The van der Waals surface area contributed by atoms with E-state index in [1.54, 1.807) is 0 Å². The second-order valence-corrected chi connectivity index (χ2v) is 12.2. The molecule has 0 saturated carbocycles. The zero-order chi connectivity index (χ0) is 28.6. The summed E-state index contributed by atoms with van der Waals surface area (Å²) in [5, 5.41) is 3.46. The zero-order valence-corrected chi connectivity index (χ0v) is 24.5. The van der Waals surface area contributed by atoms with Crippen molar-refractivity contribution in [3.05, 3.63) is 100 Å². The largest absolute Gasteiger partial charge is 0.352 e. The van der Waals surface area contributed by atoms with E-state index < -0.39 is 28.5 Å². The Morgan fingerprint density at radius 3 is 1.95 bits per heavy atom. The molecule has 0 saturated heterocycles. The average Bonchev–Trinajstić information content (AvgIpc) is 2.88. The molecule has 2 atom stereocenters. The molecule has 0 fully saturated rings. The van der Waals surface area contributed by atoms with Crippen LogP contribution in [0.4, 0.5) is 5.69 Å². The summed E-state index contributed by atoms with van der Waals surface area (Å²) in [5.74, 6) is -0.852. The SMILES string of the molecule is CC[C@@H](C)NC(=O)[C@@H](Cc1ccccc1)N(Cc1ccccc1)C(=O)CN(c1cc(Cl)cc(Cl)c1)S(C)(=O)=O. The molecule has 0 heterocycles. The summed E-state index contributed by atoms with van der Waals surface area (Å²) in [5.41, 5.74) is 1.83. The number of halogens is 2. The first-order chi connectivity index (χ1) is 18.5. The van der Waals surface area contributed by atoms with Gasteiger partial charge in [0.25, 0.3) is 0 Å². The van der Waals surface area contributed by atoms with Crippen LogP contribution in [-0.4, -0.2) is 50.0 Å². The van der Waals surface area contributed by atoms with Crippen LogP contribution >= 0.6 is 23.2 Å². The Balaban J connectivity index is 2.05. The number of anilines is 1. The lowest BCUT2D eigenvalue weighted by Gasteiger charge is -2.34. The van der Waals surface area contributed by atoms with E-state index in [0.29, 0.717) is 6.42 Å². The van der Waals surface area contributed by atoms with Crippen LogP contribution in [-0.2, 0) is 32.6 Å². The molecule has 0 unspecified atom stereocenters. The fourth-order valence-electron chi connectivity index (χ4n) is 4.07. The molecule has 0 radical (unpaired) electrons. The smallest absolute Gasteiger partial charge is 0.244 e. The first-order valence-corrected chi connectivity index (χ1v) is 15.2. The predicted molar refractivity (Wildman–Crippen MR) is 157 cm³/mol. The van der Waals surface area contributed by atoms with Crippen molar-refractivity contribution >= 4 is 50.7 Å². The van der Waals surface area contributed by atoms with Gasteiger partial charge in [0.05, 0.1) is 11.9 Å². The van der Waals surface area contributed by atoms with E-state index in [1.807, 2.05) is 74.5 Å². The van der Waals surface area contributed by atoms with Gasteiger partial charge in [0.2, 0.25) is 21.8 Å². The molecule has 10 heteroatoms. The van der Waals surface area contributed by atoms with Gasteiger partial charge in [0, 0.05) is 29.1 Å². The summed E-state index contributed by atoms with van der Waals surface area (Å²) in [6.07, 6.45) is 1.98. The Bertz CT molecular complexity index is 1350. The molecule has 0 aromatic heterocycles. The fourth-order valence-corrected chi connectivity index (χ4v) is 5.42. The second kappa shape index (κ2) is 13.8. The molecule has 3 rings (SSSR count). The lowest BCUT2D eigenvalue weighted by atomic mass is 10.0. The molecule has 0 aliphatic heterocycles. The topological polar surface area (TPSA) is 86.8 Å². The number of nitrogens with zero attached hydrogens (tertiary/aromatic N) is 2. The number of nitrogens with one attached hydrogen (secondary N) is 1. The van der Waals surface area contributed by atoms with Gasteiger partial charge in [-0.15, -0.1) is 0 Å². The van der Waals surface area contributed by atoms with Crippen molar-refractivity contribution in [2.45, 2.75) is 45.3 Å². The molecule has 0 bridgehead atoms. The number of benzene rings is 3. The highest BCUT2D eigenvalue weighted by atomic mass is 35.5. The average molecular weight is 591 g/mol. The van der Waals surface area contributed by atoms with E-state index in [4.69, 9.17) is 23.2 Å². The first kappa shape index (κ1) is 30.5. The summed E-state index contributed by atoms with van der Waals surface area (Å²) in [4.78, 5) is 29.1. The maximum Gasteiger partial charge on any atom is 0.244 e. The third kappa shape index (κ3) is 8.98. The van der Waals surface area contributed by atoms with Gasteiger partial charge in [-0.2, -0.15) is 0 Å². The Hall–Kier alpha value is -3.07. The minimum atomic E-state index is -3.91. The molecule has 1 N–H and O–H groups in total. The van der Waals surface area contributed by atoms with Crippen LogP contribution in [0.3, 0.4) is 0 Å². The first-order valence-electron chi connectivity index (χ1n) is 12.6. The number of rotatable bonds is 12. The summed E-state index contributed by atoms with van der Waals surface area (Å²) in [6.45, 7) is 3.43. The number of carbonyl (C=O) groups excluding carboxylic acids is 2. The molecule has 208 valence electrons. The Morgan fingerprint density at radius 2 is 1.44 bits per heavy atom. The third-order valence-corrected chi connectivity index (χ3v) is 7.86. The summed E-state index contributed by atoms with van der Waals surface area (Å²) in [7, 11) is -3.91. The van der Waals surface area contributed by atoms with Gasteiger partial charge in [0.1, 0.15) is 12.6 Å². The fraction of sp³-hybridized carbons (Fsp3) is 0.310. The highest BCUT2D eigenvalue weighted by Gasteiger charge is 2.33. The van der Waals surface area contributed by atoms with Crippen LogP contribution in [0.2, 0.25) is 10.0 Å². The maximum atomic E-state index is 14.0. The Kier molecular flexibility index (Phi) is 10.8. The van der Waals surface area contributed by atoms with Crippen molar-refractivity contribution in [1.82, 2.24) is 10.2 Å². The van der Waals surface area contributed by atoms with E-state index in [9.17, 15) is 18.0 Å². The van der Waals surface area contributed by atoms with Gasteiger partial charge < -0.3 is 10.2 Å². The van der Waals surface area contributed by atoms with Gasteiger partial charge in [0.15, 0.2) is 0 Å². The van der Waals surface area contributed by atoms with Gasteiger partial charge in [-0.25, -0.2) is 8.42 Å². The Morgan fingerprint density at radius 1 is 0.897 bits per heavy atom. The third-order valence-electron chi connectivity index (χ3n) is 6.28. The molecule has 0 aliphatic carbocycles. The van der Waals surface area contributed by atoms with Crippen molar-refractivity contribution in [1.29, 1.82) is 0 Å². The molecule has 0 spiro atoms. The van der Waals surface area contributed by atoms with Crippen LogP contribution in [0.15, 0.2) is 78.9 Å². The standard InChI is InChI=1S/C29H33Cl2N3O4S/c1-4-21(2)32-29(36)27(15-22-11-7-5-8-12-22)33(19-23-13-9-6-10-14-23)28(35)20-34(39(3,37)38)26-17-24(30)16-25(31)18-26/h5-14,16-18,21,27H,4,15,19-20H2,1-3H3,(H,32,36)/t21-,27-/m1/s1. The number of amides is 2.